The number of aryl methyl sites for hydroxylation is 1. The predicted octanol–water partition coefficient (Wildman–Crippen LogP) is 6.24. The van der Waals surface area contributed by atoms with E-state index in [9.17, 15) is 4.79 Å². The number of benzene rings is 1. The minimum atomic E-state index is -0.361. The highest BCUT2D eigenvalue weighted by atomic mass is 16.5. The normalized spacial score (nSPS) is 18.8. The minimum absolute atomic E-state index is 0.0549. The first kappa shape index (κ1) is 23.1. The van der Waals surface area contributed by atoms with Crippen molar-refractivity contribution in [2.75, 3.05) is 21.3 Å². The molecule has 1 aliphatic carbocycles. The number of rotatable bonds is 9. The molecule has 4 heteroatoms. The predicted molar refractivity (Wildman–Crippen MR) is 118 cm³/mol. The number of ether oxygens (including phenoxy) is 3. The van der Waals surface area contributed by atoms with Crippen LogP contribution in [-0.4, -0.2) is 27.3 Å². The van der Waals surface area contributed by atoms with Crippen molar-refractivity contribution in [1.29, 1.82) is 0 Å². The van der Waals surface area contributed by atoms with Crippen LogP contribution in [0.15, 0.2) is 29.9 Å². The van der Waals surface area contributed by atoms with E-state index < -0.39 is 0 Å². The van der Waals surface area contributed by atoms with Crippen molar-refractivity contribution >= 4 is 5.97 Å². The Morgan fingerprint density at radius 2 is 1.93 bits per heavy atom. The molecule has 2 atom stereocenters. The third kappa shape index (κ3) is 5.04. The molecule has 0 fully saturated rings. The van der Waals surface area contributed by atoms with E-state index in [0.29, 0.717) is 11.3 Å². The quantitative estimate of drug-likeness (QED) is 0.280. The maximum Gasteiger partial charge on any atom is 0.341 e. The van der Waals surface area contributed by atoms with E-state index in [0.717, 1.165) is 61.0 Å². The van der Waals surface area contributed by atoms with Crippen LogP contribution in [0.4, 0.5) is 0 Å². The number of allylic oxidation sites excluding steroid dienone is 3. The van der Waals surface area contributed by atoms with Gasteiger partial charge in [-0.2, -0.15) is 0 Å². The fourth-order valence-electron chi connectivity index (χ4n) is 4.39. The molecule has 0 bridgehead atoms. The third-order valence-electron chi connectivity index (χ3n) is 5.94. The summed E-state index contributed by atoms with van der Waals surface area (Å²) >= 11 is 0. The summed E-state index contributed by atoms with van der Waals surface area (Å²) in [5.74, 6) is 1.31. The van der Waals surface area contributed by atoms with Crippen LogP contribution in [0.1, 0.15) is 80.3 Å². The van der Waals surface area contributed by atoms with Gasteiger partial charge in [0.05, 0.1) is 21.3 Å². The van der Waals surface area contributed by atoms with Gasteiger partial charge in [-0.25, -0.2) is 4.79 Å². The Labute approximate surface area is 175 Å². The molecule has 0 heterocycles. The van der Waals surface area contributed by atoms with Crippen molar-refractivity contribution in [3.63, 3.8) is 0 Å². The van der Waals surface area contributed by atoms with Gasteiger partial charge in [0.2, 0.25) is 0 Å². The van der Waals surface area contributed by atoms with E-state index in [-0.39, 0.29) is 17.8 Å². The number of hydrogen-bond donors (Lipinski definition) is 0. The van der Waals surface area contributed by atoms with Crippen LogP contribution in [0.3, 0.4) is 0 Å². The molecule has 2 rings (SSSR count). The number of carbonyl (C=O) groups excluding carboxylic acids is 1. The molecule has 1 aromatic rings. The monoisotopic (exact) mass is 400 g/mol. The lowest BCUT2D eigenvalue weighted by Gasteiger charge is -2.33. The maximum absolute atomic E-state index is 12.8. The first-order chi connectivity index (χ1) is 13.9. The topological polar surface area (TPSA) is 44.8 Å². The highest BCUT2D eigenvalue weighted by Gasteiger charge is 2.34. The smallest absolute Gasteiger partial charge is 0.341 e. The van der Waals surface area contributed by atoms with E-state index in [1.165, 1.54) is 12.7 Å². The Morgan fingerprint density at radius 3 is 2.48 bits per heavy atom. The van der Waals surface area contributed by atoms with E-state index >= 15 is 0 Å². The Hall–Kier alpha value is -2.23. The Kier molecular flexibility index (Phi) is 8.36. The SMILES string of the molecule is C=C(C)C1CCC(C)=C[C@@H]1c1c(OC)cc(CCCCC)c(C(=O)OC)c1OC. The van der Waals surface area contributed by atoms with Crippen LogP contribution < -0.4 is 9.47 Å². The van der Waals surface area contributed by atoms with Crippen molar-refractivity contribution < 1.29 is 19.0 Å². The van der Waals surface area contributed by atoms with E-state index in [4.69, 9.17) is 14.2 Å². The number of methoxy groups -OCH3 is 3. The van der Waals surface area contributed by atoms with Crippen molar-refractivity contribution in [1.82, 2.24) is 0 Å². The Morgan fingerprint density at radius 1 is 1.21 bits per heavy atom. The highest BCUT2D eigenvalue weighted by Crippen LogP contribution is 2.48. The van der Waals surface area contributed by atoms with Crippen molar-refractivity contribution in [2.24, 2.45) is 5.92 Å². The fraction of sp³-hybridized carbons (Fsp3) is 0.560. The second-order valence-corrected chi connectivity index (χ2v) is 8.04. The highest BCUT2D eigenvalue weighted by molar-refractivity contribution is 5.95. The average Bonchev–Trinajstić information content (AvgIpc) is 2.71. The molecule has 1 aromatic carbocycles. The lowest BCUT2D eigenvalue weighted by atomic mass is 9.73. The zero-order valence-corrected chi connectivity index (χ0v) is 18.9. The summed E-state index contributed by atoms with van der Waals surface area (Å²) in [6.07, 6.45) is 8.37. The van der Waals surface area contributed by atoms with Crippen molar-refractivity contribution in [3.8, 4) is 11.5 Å². The van der Waals surface area contributed by atoms with E-state index in [2.05, 4.69) is 33.4 Å². The standard InChI is InChI=1S/C25H36O4/c1-8-9-10-11-18-15-21(27-5)23(24(28-6)22(18)25(26)29-7)20-14-17(4)12-13-19(20)16(2)3/h14-15,19-20H,2,8-13H2,1,3-7H3/t19?,20-/m0/s1. The van der Waals surface area contributed by atoms with Crippen LogP contribution in [0.2, 0.25) is 0 Å². The number of esters is 1. The van der Waals surface area contributed by atoms with E-state index in [1.54, 1.807) is 14.2 Å². The van der Waals surface area contributed by atoms with Gasteiger partial charge in [0.15, 0.2) is 0 Å². The van der Waals surface area contributed by atoms with Crippen molar-refractivity contribution in [2.45, 2.75) is 65.2 Å². The van der Waals surface area contributed by atoms with Gasteiger partial charge in [-0.1, -0.05) is 43.6 Å². The second-order valence-electron chi connectivity index (χ2n) is 8.04. The molecule has 0 aliphatic heterocycles. The molecule has 0 aromatic heterocycles. The summed E-state index contributed by atoms with van der Waals surface area (Å²) in [5.41, 5.74) is 4.84. The van der Waals surface area contributed by atoms with Crippen LogP contribution in [0.25, 0.3) is 0 Å². The maximum atomic E-state index is 12.8. The molecular formula is C25H36O4. The van der Waals surface area contributed by atoms with Gasteiger partial charge in [-0.05, 0) is 57.1 Å². The third-order valence-corrected chi connectivity index (χ3v) is 5.94. The largest absolute Gasteiger partial charge is 0.496 e. The van der Waals surface area contributed by atoms with Gasteiger partial charge >= 0.3 is 5.97 Å². The van der Waals surface area contributed by atoms with Crippen LogP contribution >= 0.6 is 0 Å². The molecule has 1 aliphatic rings. The summed E-state index contributed by atoms with van der Waals surface area (Å²) in [6.45, 7) is 10.6. The summed E-state index contributed by atoms with van der Waals surface area (Å²) in [6, 6.07) is 2.01. The molecule has 1 unspecified atom stereocenters. The van der Waals surface area contributed by atoms with Gasteiger partial charge in [0.1, 0.15) is 17.1 Å². The van der Waals surface area contributed by atoms with Gasteiger partial charge in [-0.3, -0.25) is 0 Å². The molecule has 0 saturated heterocycles. The average molecular weight is 401 g/mol. The lowest BCUT2D eigenvalue weighted by molar-refractivity contribution is 0.0595. The zero-order chi connectivity index (χ0) is 21.6. The molecule has 0 N–H and O–H groups in total. The van der Waals surface area contributed by atoms with Gasteiger partial charge < -0.3 is 14.2 Å². The molecular weight excluding hydrogens is 364 g/mol. The van der Waals surface area contributed by atoms with Crippen LogP contribution in [0.5, 0.6) is 11.5 Å². The van der Waals surface area contributed by atoms with Gasteiger partial charge in [-0.15, -0.1) is 0 Å². The number of hydrogen-bond acceptors (Lipinski definition) is 4. The molecule has 0 amide bonds. The first-order valence-electron chi connectivity index (χ1n) is 10.6. The minimum Gasteiger partial charge on any atom is -0.496 e. The van der Waals surface area contributed by atoms with E-state index in [1.807, 2.05) is 6.07 Å². The Bertz CT molecular complexity index is 776. The molecule has 4 nitrogen and oxygen atoms in total. The van der Waals surface area contributed by atoms with Gasteiger partial charge in [0, 0.05) is 11.5 Å². The number of carbonyl (C=O) groups is 1. The van der Waals surface area contributed by atoms with Gasteiger partial charge in [0.25, 0.3) is 0 Å². The molecule has 29 heavy (non-hydrogen) atoms. The second kappa shape index (κ2) is 10.5. The molecule has 0 spiro atoms. The summed E-state index contributed by atoms with van der Waals surface area (Å²) < 4.78 is 16.8. The summed E-state index contributed by atoms with van der Waals surface area (Å²) in [4.78, 5) is 12.8. The van der Waals surface area contributed by atoms with Crippen molar-refractivity contribution in [3.05, 3.63) is 46.6 Å². The van der Waals surface area contributed by atoms with Crippen LogP contribution in [0, 0.1) is 5.92 Å². The first-order valence-corrected chi connectivity index (χ1v) is 10.6. The summed E-state index contributed by atoms with van der Waals surface area (Å²) in [5, 5.41) is 0. The molecule has 160 valence electrons. The Balaban J connectivity index is 2.74. The molecule has 0 radical (unpaired) electrons. The van der Waals surface area contributed by atoms with Crippen LogP contribution in [-0.2, 0) is 11.2 Å². The number of unbranched alkanes of at least 4 members (excludes halogenated alkanes) is 2. The fourth-order valence-corrected chi connectivity index (χ4v) is 4.39. The molecule has 0 saturated carbocycles. The summed E-state index contributed by atoms with van der Waals surface area (Å²) in [7, 11) is 4.72. The zero-order valence-electron chi connectivity index (χ0n) is 18.9. The lowest BCUT2D eigenvalue weighted by Crippen LogP contribution is -2.20.